The van der Waals surface area contributed by atoms with Gasteiger partial charge < -0.3 is 19.1 Å². The highest BCUT2D eigenvalue weighted by Crippen LogP contribution is 2.49. The van der Waals surface area contributed by atoms with Crippen LogP contribution in [0, 0.1) is 0 Å². The minimum absolute atomic E-state index is 0.240. The van der Waals surface area contributed by atoms with Crippen molar-refractivity contribution in [1.29, 1.82) is 0 Å². The predicted octanol–water partition coefficient (Wildman–Crippen LogP) is 3.73. The SMILES string of the molecule is O=C(O)c1cc(-c2cc3c(cc2Cl)OC2(CCCC2)O3)no1. The molecule has 0 amide bonds. The highest BCUT2D eigenvalue weighted by molar-refractivity contribution is 6.33. The zero-order valence-electron chi connectivity index (χ0n) is 11.5. The predicted molar refractivity (Wildman–Crippen MR) is 76.4 cm³/mol. The van der Waals surface area contributed by atoms with Crippen LogP contribution in [0.4, 0.5) is 0 Å². The molecule has 1 N–H and O–H groups in total. The Kier molecular flexibility index (Phi) is 2.84. The fraction of sp³-hybridized carbons (Fsp3) is 0.333. The lowest BCUT2D eigenvalue weighted by Crippen LogP contribution is -2.34. The number of hydrogen-bond donors (Lipinski definition) is 1. The van der Waals surface area contributed by atoms with Crippen LogP contribution in [0.5, 0.6) is 11.5 Å². The molecule has 0 unspecified atom stereocenters. The van der Waals surface area contributed by atoms with E-state index in [2.05, 4.69) is 5.16 Å². The molecule has 0 radical (unpaired) electrons. The normalized spacial score (nSPS) is 18.0. The van der Waals surface area contributed by atoms with Gasteiger partial charge in [-0.3, -0.25) is 0 Å². The number of nitrogens with zero attached hydrogens (tertiary/aromatic N) is 1. The van der Waals surface area contributed by atoms with Gasteiger partial charge in [0, 0.05) is 30.5 Å². The maximum absolute atomic E-state index is 10.9. The lowest BCUT2D eigenvalue weighted by atomic mass is 10.1. The van der Waals surface area contributed by atoms with E-state index in [4.69, 9.17) is 30.7 Å². The highest BCUT2D eigenvalue weighted by Gasteiger charge is 2.44. The number of fused-ring (bicyclic) bond motifs is 1. The maximum atomic E-state index is 10.9. The van der Waals surface area contributed by atoms with Gasteiger partial charge in [0.25, 0.3) is 5.79 Å². The lowest BCUT2D eigenvalue weighted by molar-refractivity contribution is -0.0716. The topological polar surface area (TPSA) is 81.8 Å². The number of benzene rings is 1. The summed E-state index contributed by atoms with van der Waals surface area (Å²) in [6.45, 7) is 0. The van der Waals surface area contributed by atoms with E-state index in [1.54, 1.807) is 12.1 Å². The molecule has 7 heteroatoms. The van der Waals surface area contributed by atoms with Gasteiger partial charge in [-0.2, -0.15) is 0 Å². The van der Waals surface area contributed by atoms with Crippen molar-refractivity contribution in [3.05, 3.63) is 29.0 Å². The van der Waals surface area contributed by atoms with Crippen LogP contribution in [-0.2, 0) is 0 Å². The molecule has 2 aliphatic rings. The molecule has 0 bridgehead atoms. The molecule has 1 fully saturated rings. The molecule has 114 valence electrons. The van der Waals surface area contributed by atoms with E-state index in [0.29, 0.717) is 27.8 Å². The lowest BCUT2D eigenvalue weighted by Gasteiger charge is -2.21. The second-order valence-electron chi connectivity index (χ2n) is 5.48. The number of carboxylic acid groups (broad SMARTS) is 1. The van der Waals surface area contributed by atoms with E-state index in [9.17, 15) is 4.79 Å². The van der Waals surface area contributed by atoms with Gasteiger partial charge in [-0.05, 0) is 18.9 Å². The van der Waals surface area contributed by atoms with E-state index in [-0.39, 0.29) is 5.76 Å². The van der Waals surface area contributed by atoms with Crippen molar-refractivity contribution in [2.45, 2.75) is 31.5 Å². The molecular weight excluding hydrogens is 310 g/mol. The summed E-state index contributed by atoms with van der Waals surface area (Å²) < 4.78 is 16.7. The van der Waals surface area contributed by atoms with Crippen LogP contribution in [-0.4, -0.2) is 22.0 Å². The van der Waals surface area contributed by atoms with Crippen LogP contribution in [0.15, 0.2) is 22.7 Å². The number of halogens is 1. The fourth-order valence-corrected chi connectivity index (χ4v) is 3.18. The average Bonchev–Trinajstić information content (AvgIpc) is 3.18. The van der Waals surface area contributed by atoms with Crippen molar-refractivity contribution in [3.63, 3.8) is 0 Å². The quantitative estimate of drug-likeness (QED) is 0.907. The van der Waals surface area contributed by atoms with Crippen LogP contribution < -0.4 is 9.47 Å². The van der Waals surface area contributed by atoms with Gasteiger partial charge in [0.1, 0.15) is 5.69 Å². The Bertz CT molecular complexity index is 763. The minimum Gasteiger partial charge on any atom is -0.475 e. The highest BCUT2D eigenvalue weighted by atomic mass is 35.5. The Hall–Kier alpha value is -2.21. The number of carboxylic acids is 1. The molecule has 1 saturated carbocycles. The molecule has 22 heavy (non-hydrogen) atoms. The molecule has 0 saturated heterocycles. The van der Waals surface area contributed by atoms with Crippen LogP contribution in [0.2, 0.25) is 5.02 Å². The van der Waals surface area contributed by atoms with Gasteiger partial charge in [0.15, 0.2) is 11.5 Å². The number of carbonyl (C=O) groups is 1. The minimum atomic E-state index is -1.18. The molecule has 2 heterocycles. The number of aromatic carboxylic acids is 1. The Morgan fingerprint density at radius 2 is 1.86 bits per heavy atom. The Balaban J connectivity index is 1.72. The third-order valence-electron chi connectivity index (χ3n) is 3.99. The summed E-state index contributed by atoms with van der Waals surface area (Å²) >= 11 is 6.26. The molecule has 2 aromatic rings. The van der Waals surface area contributed by atoms with Crippen molar-refractivity contribution in [3.8, 4) is 22.8 Å². The third kappa shape index (κ3) is 2.02. The van der Waals surface area contributed by atoms with Crippen molar-refractivity contribution in [2.24, 2.45) is 0 Å². The summed E-state index contributed by atoms with van der Waals surface area (Å²) in [6, 6.07) is 4.72. The van der Waals surface area contributed by atoms with Crippen molar-refractivity contribution in [2.75, 3.05) is 0 Å². The summed E-state index contributed by atoms with van der Waals surface area (Å²) in [4.78, 5) is 10.9. The molecule has 1 aromatic carbocycles. The Labute approximate surface area is 130 Å². The Morgan fingerprint density at radius 1 is 1.18 bits per heavy atom. The first-order valence-corrected chi connectivity index (χ1v) is 7.36. The van der Waals surface area contributed by atoms with Crippen molar-refractivity contribution >= 4 is 17.6 Å². The molecule has 1 spiro atoms. The Morgan fingerprint density at radius 3 is 2.50 bits per heavy atom. The maximum Gasteiger partial charge on any atom is 0.374 e. The summed E-state index contributed by atoms with van der Waals surface area (Å²) in [7, 11) is 0. The number of hydrogen-bond acceptors (Lipinski definition) is 5. The molecule has 1 aromatic heterocycles. The molecule has 1 aliphatic carbocycles. The third-order valence-corrected chi connectivity index (χ3v) is 4.30. The standard InChI is InChI=1S/C15H12ClNO5/c16-9-6-12-11(20-15(21-12)3-1-2-4-15)5-8(9)10-7-13(14(18)19)22-17-10/h5-7H,1-4H2,(H,18,19). The first-order valence-electron chi connectivity index (χ1n) is 6.98. The monoisotopic (exact) mass is 321 g/mol. The summed E-state index contributed by atoms with van der Waals surface area (Å²) in [6.07, 6.45) is 3.84. The van der Waals surface area contributed by atoms with Gasteiger partial charge in [-0.15, -0.1) is 0 Å². The van der Waals surface area contributed by atoms with Crippen LogP contribution in [0.25, 0.3) is 11.3 Å². The van der Waals surface area contributed by atoms with Crippen LogP contribution >= 0.6 is 11.6 Å². The average molecular weight is 322 g/mol. The van der Waals surface area contributed by atoms with Gasteiger partial charge in [0.2, 0.25) is 5.76 Å². The first-order chi connectivity index (χ1) is 10.6. The van der Waals surface area contributed by atoms with Crippen molar-refractivity contribution < 1.29 is 23.9 Å². The zero-order valence-corrected chi connectivity index (χ0v) is 12.2. The van der Waals surface area contributed by atoms with E-state index >= 15 is 0 Å². The molecule has 1 aliphatic heterocycles. The first kappa shape index (κ1) is 13.5. The zero-order chi connectivity index (χ0) is 15.3. The van der Waals surface area contributed by atoms with E-state index in [1.807, 2.05) is 0 Å². The molecule has 4 rings (SSSR count). The van der Waals surface area contributed by atoms with E-state index < -0.39 is 11.8 Å². The van der Waals surface area contributed by atoms with Crippen LogP contribution in [0.3, 0.4) is 0 Å². The summed E-state index contributed by atoms with van der Waals surface area (Å²) in [5.41, 5.74) is 0.900. The smallest absolute Gasteiger partial charge is 0.374 e. The number of aromatic nitrogens is 1. The van der Waals surface area contributed by atoms with Gasteiger partial charge >= 0.3 is 5.97 Å². The fourth-order valence-electron chi connectivity index (χ4n) is 2.93. The van der Waals surface area contributed by atoms with Gasteiger partial charge in [-0.1, -0.05) is 16.8 Å². The van der Waals surface area contributed by atoms with Crippen molar-refractivity contribution in [1.82, 2.24) is 5.16 Å². The van der Waals surface area contributed by atoms with E-state index in [0.717, 1.165) is 25.7 Å². The molecule has 0 atom stereocenters. The molecule has 6 nitrogen and oxygen atoms in total. The van der Waals surface area contributed by atoms with E-state index in [1.165, 1.54) is 6.07 Å². The number of ether oxygens (including phenoxy) is 2. The van der Waals surface area contributed by atoms with Crippen LogP contribution in [0.1, 0.15) is 36.2 Å². The molecular formula is C15H12ClNO5. The summed E-state index contributed by atoms with van der Waals surface area (Å²) in [5.74, 6) is -0.782. The second kappa shape index (κ2) is 4.64. The second-order valence-corrected chi connectivity index (χ2v) is 5.89. The number of rotatable bonds is 2. The summed E-state index contributed by atoms with van der Waals surface area (Å²) in [5, 5.41) is 13.0. The van der Waals surface area contributed by atoms with Gasteiger partial charge in [-0.25, -0.2) is 4.79 Å². The van der Waals surface area contributed by atoms with Gasteiger partial charge in [0.05, 0.1) is 5.02 Å². The largest absolute Gasteiger partial charge is 0.475 e.